The van der Waals surface area contributed by atoms with Crippen LogP contribution in [0.4, 0.5) is 34.4 Å². The second kappa shape index (κ2) is 19.5. The summed E-state index contributed by atoms with van der Waals surface area (Å²) in [7, 11) is 1.63. The number of carbonyl (C=O) groups excluding carboxylic acids is 6. The summed E-state index contributed by atoms with van der Waals surface area (Å²) in [5.74, 6) is -2.34. The average molecular weight is 1030 g/mol. The zero-order valence-electron chi connectivity index (χ0n) is 43.8. The lowest BCUT2D eigenvalue weighted by atomic mass is 9.90. The van der Waals surface area contributed by atoms with Gasteiger partial charge < -0.3 is 34.7 Å². The minimum Gasteiger partial charge on any atom is -0.392 e. The predicted octanol–water partition coefficient (Wildman–Crippen LogP) is 4.84. The molecule has 396 valence electrons. The standard InChI is InChI=1S/C56H64N12O8/c1-31(2)50(71)60-41-24-34(58-48-55(76)62(6)29-42(59-48)37-13-16-57-49(40(37)30-69)67-22-21-66-45(54(67)75)23-33-26-56(4,5)27-46(33)66)7-10-43(41)65-20-19-64(28-32(65)3)35-14-17-63(18-15-35)36-8-9-38-39(25-36)53(74)68(52(38)73)44-11-12-47(70)61-51(44)72/h7-10,13,16,23-25,29,31-32,35,44,69H,11-12,14-15,17-22,26-28,30H2,1-6H3,(H,58,59)(H,60,71)(H,61,70,72)/t32-,44-/m0/s1. The largest absolute Gasteiger partial charge is 0.392 e. The number of hydrogen-bond donors (Lipinski definition) is 4. The first-order valence-electron chi connectivity index (χ1n) is 26.4. The molecule has 5 aliphatic heterocycles. The van der Waals surface area contributed by atoms with Crippen molar-refractivity contribution in [3.63, 3.8) is 0 Å². The highest BCUT2D eigenvalue weighted by Gasteiger charge is 2.45. The summed E-state index contributed by atoms with van der Waals surface area (Å²) in [6.45, 7) is 14.7. The third-order valence-electron chi connectivity index (χ3n) is 16.2. The van der Waals surface area contributed by atoms with Gasteiger partial charge in [-0.05, 0) is 98.5 Å². The lowest BCUT2D eigenvalue weighted by Gasteiger charge is -2.47. The van der Waals surface area contributed by atoms with Crippen molar-refractivity contribution in [2.75, 3.05) is 64.6 Å². The highest BCUT2D eigenvalue weighted by Crippen LogP contribution is 2.41. The number of aliphatic hydroxyl groups is 1. The number of nitrogens with one attached hydrogen (secondary N) is 3. The number of nitrogens with zero attached hydrogens (tertiary/aromatic N) is 9. The summed E-state index contributed by atoms with van der Waals surface area (Å²) in [5, 5.41) is 19.5. The lowest BCUT2D eigenvalue weighted by Crippen LogP contribution is -2.57. The van der Waals surface area contributed by atoms with E-state index >= 15 is 0 Å². The maximum Gasteiger partial charge on any atom is 0.293 e. The molecule has 3 fully saturated rings. The molecular weight excluding hydrogens is 969 g/mol. The number of hydrogen-bond acceptors (Lipinski definition) is 14. The van der Waals surface area contributed by atoms with E-state index in [2.05, 4.69) is 61.0 Å². The summed E-state index contributed by atoms with van der Waals surface area (Å²) in [6.07, 6.45) is 6.97. The lowest BCUT2D eigenvalue weighted by molar-refractivity contribution is -0.136. The number of imide groups is 2. The van der Waals surface area contributed by atoms with E-state index in [9.17, 15) is 38.7 Å². The van der Waals surface area contributed by atoms with Crippen LogP contribution in [0, 0.1) is 11.3 Å². The van der Waals surface area contributed by atoms with E-state index in [-0.39, 0.29) is 59.0 Å². The van der Waals surface area contributed by atoms with Crippen LogP contribution >= 0.6 is 0 Å². The van der Waals surface area contributed by atoms with Gasteiger partial charge in [-0.25, -0.2) is 9.97 Å². The number of aromatic nitrogens is 4. The highest BCUT2D eigenvalue weighted by atomic mass is 16.3. The number of carbonyl (C=O) groups is 6. The molecule has 0 spiro atoms. The van der Waals surface area contributed by atoms with Crippen LogP contribution in [0.15, 0.2) is 65.7 Å². The second-order valence-corrected chi connectivity index (χ2v) is 22.3. The number of aliphatic hydroxyl groups excluding tert-OH is 1. The maximum atomic E-state index is 14.1. The van der Waals surface area contributed by atoms with E-state index in [0.717, 1.165) is 68.1 Å². The van der Waals surface area contributed by atoms with Crippen LogP contribution in [0.25, 0.3) is 11.3 Å². The van der Waals surface area contributed by atoms with Gasteiger partial charge in [0.05, 0.1) is 34.8 Å². The molecule has 0 bridgehead atoms. The molecule has 8 heterocycles. The second-order valence-electron chi connectivity index (χ2n) is 22.3. The number of amides is 6. The van der Waals surface area contributed by atoms with Crippen molar-refractivity contribution in [3.05, 3.63) is 105 Å². The fourth-order valence-electron chi connectivity index (χ4n) is 12.2. The van der Waals surface area contributed by atoms with Gasteiger partial charge in [-0.1, -0.05) is 27.7 Å². The Labute approximate surface area is 440 Å². The quantitative estimate of drug-likeness (QED) is 0.130. The van der Waals surface area contributed by atoms with Gasteiger partial charge in [-0.3, -0.25) is 53.6 Å². The van der Waals surface area contributed by atoms with Gasteiger partial charge >= 0.3 is 0 Å². The molecule has 2 atom stereocenters. The van der Waals surface area contributed by atoms with Gasteiger partial charge in [0.15, 0.2) is 5.82 Å². The number of piperidine rings is 2. The van der Waals surface area contributed by atoms with Crippen LogP contribution in [0.5, 0.6) is 0 Å². The number of anilines is 6. The molecule has 0 unspecified atom stereocenters. The SMILES string of the molecule is CC(C)C(=O)Nc1cc(Nc2nc(-c3ccnc(N4CCn5c(cc6c5CC(C)(C)C6)C4=O)c3CO)cn(C)c2=O)ccc1N1CCN(C2CCN(c3ccc4c(c3)C(=O)N([C@H]3CCC(=O)NC3=O)C4=O)CC2)C[C@@H]1C. The highest BCUT2D eigenvalue weighted by molar-refractivity contribution is 6.23. The molecule has 0 saturated carbocycles. The fraction of sp³-hybridized carbons (Fsp3) is 0.446. The summed E-state index contributed by atoms with van der Waals surface area (Å²) in [5.41, 5.74) is 7.49. The monoisotopic (exact) mass is 1030 g/mol. The molecule has 20 nitrogen and oxygen atoms in total. The zero-order valence-corrected chi connectivity index (χ0v) is 43.8. The molecule has 3 saturated heterocycles. The van der Waals surface area contributed by atoms with Crippen LogP contribution in [0.3, 0.4) is 0 Å². The van der Waals surface area contributed by atoms with Crippen LogP contribution in [0.1, 0.15) is 108 Å². The third-order valence-corrected chi connectivity index (χ3v) is 16.2. The van der Waals surface area contributed by atoms with Gasteiger partial charge in [0, 0.05) is 118 Å². The van der Waals surface area contributed by atoms with E-state index < -0.39 is 41.8 Å². The van der Waals surface area contributed by atoms with Crippen LogP contribution in [-0.2, 0) is 47.4 Å². The number of aryl methyl sites for hydroxylation is 1. The smallest absolute Gasteiger partial charge is 0.293 e. The molecule has 0 radical (unpaired) electrons. The van der Waals surface area contributed by atoms with Crippen molar-refractivity contribution >= 4 is 69.8 Å². The topological polar surface area (TPSA) is 228 Å². The van der Waals surface area contributed by atoms with Crippen molar-refractivity contribution in [1.29, 1.82) is 0 Å². The van der Waals surface area contributed by atoms with E-state index in [1.165, 1.54) is 15.8 Å². The first kappa shape index (κ1) is 50.4. The van der Waals surface area contributed by atoms with Crippen molar-refractivity contribution in [2.45, 2.75) is 104 Å². The first-order valence-corrected chi connectivity index (χ1v) is 26.4. The molecule has 3 aromatic heterocycles. The van der Waals surface area contributed by atoms with E-state index in [1.54, 1.807) is 42.5 Å². The Morgan fingerprint density at radius 2 is 1.64 bits per heavy atom. The minimum atomic E-state index is -1.01. The average Bonchev–Trinajstić information content (AvgIpc) is 4.01. The Kier molecular flexibility index (Phi) is 12.9. The van der Waals surface area contributed by atoms with Crippen molar-refractivity contribution < 1.29 is 33.9 Å². The molecule has 6 amide bonds. The minimum absolute atomic E-state index is 0.0321. The molecule has 6 aliphatic rings. The third kappa shape index (κ3) is 8.99. The number of piperazine rings is 1. The molecule has 76 heavy (non-hydrogen) atoms. The van der Waals surface area contributed by atoms with Gasteiger partial charge in [-0.2, -0.15) is 0 Å². The predicted molar refractivity (Wildman–Crippen MR) is 286 cm³/mol. The fourth-order valence-corrected chi connectivity index (χ4v) is 12.2. The normalized spacial score (nSPS) is 20.8. The molecule has 20 heteroatoms. The summed E-state index contributed by atoms with van der Waals surface area (Å²) in [6, 6.07) is 14.0. The number of benzene rings is 2. The Morgan fingerprint density at radius 1 is 0.868 bits per heavy atom. The Bertz CT molecular complexity index is 3320. The van der Waals surface area contributed by atoms with Gasteiger partial charge in [-0.15, -0.1) is 0 Å². The number of fused-ring (bicyclic) bond motifs is 4. The molecule has 5 aromatic rings. The van der Waals surface area contributed by atoms with Crippen molar-refractivity contribution in [2.24, 2.45) is 18.4 Å². The number of pyridine rings is 1. The summed E-state index contributed by atoms with van der Waals surface area (Å²) in [4.78, 5) is 112. The van der Waals surface area contributed by atoms with E-state index in [0.29, 0.717) is 65.4 Å². The van der Waals surface area contributed by atoms with Gasteiger partial charge in [0.25, 0.3) is 23.3 Å². The van der Waals surface area contributed by atoms with E-state index in [1.807, 2.05) is 44.2 Å². The van der Waals surface area contributed by atoms with Crippen molar-refractivity contribution in [3.8, 4) is 11.3 Å². The summed E-state index contributed by atoms with van der Waals surface area (Å²) >= 11 is 0. The van der Waals surface area contributed by atoms with Crippen LogP contribution in [0.2, 0.25) is 0 Å². The molecule has 4 N–H and O–H groups in total. The Balaban J connectivity index is 0.774. The van der Waals surface area contributed by atoms with Crippen LogP contribution in [-0.4, -0.2) is 127 Å². The Hall–Kier alpha value is -7.71. The van der Waals surface area contributed by atoms with Gasteiger partial charge in [0.1, 0.15) is 17.6 Å². The zero-order chi connectivity index (χ0) is 53.5. The summed E-state index contributed by atoms with van der Waals surface area (Å²) < 4.78 is 3.56. The molecule has 11 rings (SSSR count). The molecular formula is C56H64N12O8. The first-order chi connectivity index (χ1) is 36.4. The van der Waals surface area contributed by atoms with E-state index in [4.69, 9.17) is 4.98 Å². The maximum absolute atomic E-state index is 14.1. The molecule has 1 aliphatic carbocycles. The van der Waals surface area contributed by atoms with Crippen molar-refractivity contribution in [1.82, 2.24) is 34.2 Å². The van der Waals surface area contributed by atoms with Gasteiger partial charge in [0.2, 0.25) is 17.7 Å². The van der Waals surface area contributed by atoms with Crippen LogP contribution < -0.4 is 36.2 Å². The molecule has 2 aromatic carbocycles. The Morgan fingerprint density at radius 3 is 2.38 bits per heavy atom. The number of rotatable bonds is 11.